The summed E-state index contributed by atoms with van der Waals surface area (Å²) in [5.74, 6) is -2.42. The number of carboxylic acid groups (broad SMARTS) is 1. The van der Waals surface area contributed by atoms with E-state index in [0.29, 0.717) is 12.8 Å². The van der Waals surface area contributed by atoms with Gasteiger partial charge in [-0.05, 0) is 96.0 Å². The zero-order valence-corrected chi connectivity index (χ0v) is 36.3. The molecule has 0 aliphatic heterocycles. The van der Waals surface area contributed by atoms with Crippen molar-refractivity contribution < 1.29 is 34.1 Å². The maximum atomic E-state index is 12.8. The summed E-state index contributed by atoms with van der Waals surface area (Å²) in [7, 11) is 0. The predicted molar refractivity (Wildman–Crippen MR) is 240 cm³/mol. The molecule has 2 amide bonds. The Bertz CT molecular complexity index is 1250. The summed E-state index contributed by atoms with van der Waals surface area (Å²) < 4.78 is 5.91. The van der Waals surface area contributed by atoms with E-state index in [9.17, 15) is 19.2 Å². The smallest absolute Gasteiger partial charge is 0.328 e. The van der Waals surface area contributed by atoms with Crippen LogP contribution in [0.3, 0.4) is 0 Å². The third-order valence-electron chi connectivity index (χ3n) is 9.36. The normalized spacial score (nSPS) is 13.3. The summed E-state index contributed by atoms with van der Waals surface area (Å²) >= 11 is 0. The van der Waals surface area contributed by atoms with Crippen LogP contribution in [-0.4, -0.2) is 59.3 Å². The number of unbranched alkanes of at least 4 members (excludes halogenated alkanes) is 13. The average Bonchev–Trinajstić information content (AvgIpc) is 3.21. The Labute approximate surface area is 352 Å². The van der Waals surface area contributed by atoms with Gasteiger partial charge in [-0.3, -0.25) is 14.4 Å². The van der Waals surface area contributed by atoms with Crippen LogP contribution in [0.4, 0.5) is 0 Å². The Morgan fingerprint density at radius 2 is 1.03 bits per heavy atom. The van der Waals surface area contributed by atoms with Crippen molar-refractivity contribution in [1.29, 1.82) is 0 Å². The van der Waals surface area contributed by atoms with Gasteiger partial charge < -0.3 is 25.6 Å². The standard InChI is InChI=1S/C49H80N2O7/c1-3-5-7-9-11-13-15-16-17-18-19-20-21-22-24-26-28-33-37-41-48(55)58-44(38-34-30-27-25-23-14-12-10-8-6-4-2)39-35-31-29-32-36-40-46(53)50-42-47(54)51-45(43-52)49(56)57/h6,8,11-14,16-17,19-20,25,27,34,38,44-45,52H,3-5,7,9-10,15,18,21-24,26,28-33,35-37,39-43H2,1-2H3,(H,50,53)(H,51,54)(H,56,57)/b8-6-,13-11-,14-12-,17-16-,20-19-,27-25-,38-34-. The lowest BCUT2D eigenvalue weighted by atomic mass is 10.1. The van der Waals surface area contributed by atoms with Gasteiger partial charge in [0.1, 0.15) is 12.1 Å². The number of esters is 1. The highest BCUT2D eigenvalue weighted by atomic mass is 16.5. The van der Waals surface area contributed by atoms with E-state index >= 15 is 0 Å². The van der Waals surface area contributed by atoms with Crippen LogP contribution in [0.15, 0.2) is 85.1 Å². The summed E-state index contributed by atoms with van der Waals surface area (Å²) in [5.41, 5.74) is 0. The van der Waals surface area contributed by atoms with E-state index in [2.05, 4.69) is 103 Å². The van der Waals surface area contributed by atoms with E-state index in [1.54, 1.807) is 0 Å². The Morgan fingerprint density at radius 3 is 1.59 bits per heavy atom. The number of amides is 2. The van der Waals surface area contributed by atoms with Crippen molar-refractivity contribution in [3.05, 3.63) is 85.1 Å². The first kappa shape index (κ1) is 54.0. The van der Waals surface area contributed by atoms with Crippen LogP contribution in [0.2, 0.25) is 0 Å². The Hall–Kier alpha value is -3.98. The number of carbonyl (C=O) groups is 4. The molecule has 0 aromatic rings. The lowest BCUT2D eigenvalue weighted by molar-refractivity contribution is -0.147. The number of aliphatic carboxylic acids is 1. The molecule has 0 aliphatic rings. The van der Waals surface area contributed by atoms with E-state index in [-0.39, 0.29) is 30.9 Å². The van der Waals surface area contributed by atoms with Gasteiger partial charge in [-0.15, -0.1) is 0 Å². The first-order valence-corrected chi connectivity index (χ1v) is 22.5. The Kier molecular flexibility index (Phi) is 39.7. The molecule has 2 atom stereocenters. The van der Waals surface area contributed by atoms with Gasteiger partial charge in [-0.25, -0.2) is 4.79 Å². The number of nitrogens with one attached hydrogen (secondary N) is 2. The fourth-order valence-corrected chi connectivity index (χ4v) is 5.92. The van der Waals surface area contributed by atoms with Crippen LogP contribution in [-0.2, 0) is 23.9 Å². The summed E-state index contributed by atoms with van der Waals surface area (Å²) in [5, 5.41) is 22.5. The molecule has 2 unspecified atom stereocenters. The van der Waals surface area contributed by atoms with Crippen LogP contribution in [0.1, 0.15) is 174 Å². The van der Waals surface area contributed by atoms with Crippen LogP contribution >= 0.6 is 0 Å². The number of hydrogen-bond donors (Lipinski definition) is 4. The number of aliphatic hydroxyl groups is 1. The van der Waals surface area contributed by atoms with Crippen molar-refractivity contribution in [2.75, 3.05) is 13.2 Å². The van der Waals surface area contributed by atoms with Gasteiger partial charge >= 0.3 is 11.9 Å². The molecular formula is C49H80N2O7. The molecule has 0 fully saturated rings. The van der Waals surface area contributed by atoms with Crippen LogP contribution in [0, 0.1) is 0 Å². The number of aliphatic hydroxyl groups excluding tert-OH is 1. The second-order valence-electron chi connectivity index (χ2n) is 14.8. The maximum Gasteiger partial charge on any atom is 0.328 e. The van der Waals surface area contributed by atoms with E-state index < -0.39 is 24.5 Å². The highest BCUT2D eigenvalue weighted by molar-refractivity contribution is 5.87. The van der Waals surface area contributed by atoms with E-state index in [0.717, 1.165) is 96.3 Å². The van der Waals surface area contributed by atoms with E-state index in [1.807, 2.05) is 6.08 Å². The van der Waals surface area contributed by atoms with Gasteiger partial charge in [-0.1, -0.05) is 151 Å². The molecule has 0 aliphatic carbocycles. The van der Waals surface area contributed by atoms with E-state index in [1.165, 1.54) is 44.9 Å². The lowest BCUT2D eigenvalue weighted by Gasteiger charge is -2.15. The molecule has 0 aromatic heterocycles. The van der Waals surface area contributed by atoms with Gasteiger partial charge in [0.25, 0.3) is 0 Å². The molecule has 0 radical (unpaired) electrons. The molecule has 9 heteroatoms. The first-order chi connectivity index (χ1) is 28.3. The third-order valence-corrected chi connectivity index (χ3v) is 9.36. The van der Waals surface area contributed by atoms with Gasteiger partial charge in [0.05, 0.1) is 13.2 Å². The minimum Gasteiger partial charge on any atom is -0.480 e. The zero-order valence-electron chi connectivity index (χ0n) is 36.3. The van der Waals surface area contributed by atoms with Gasteiger partial charge in [0.15, 0.2) is 0 Å². The lowest BCUT2D eigenvalue weighted by Crippen LogP contribution is -2.47. The molecule has 9 nitrogen and oxygen atoms in total. The van der Waals surface area contributed by atoms with Gasteiger partial charge in [-0.2, -0.15) is 0 Å². The number of carboxylic acids is 1. The van der Waals surface area contributed by atoms with Crippen LogP contribution in [0.25, 0.3) is 0 Å². The highest BCUT2D eigenvalue weighted by Gasteiger charge is 2.18. The molecule has 0 bridgehead atoms. The van der Waals surface area contributed by atoms with Crippen molar-refractivity contribution >= 4 is 23.8 Å². The molecule has 58 heavy (non-hydrogen) atoms. The summed E-state index contributed by atoms with van der Waals surface area (Å²) in [6.07, 6.45) is 54.8. The van der Waals surface area contributed by atoms with Crippen molar-refractivity contribution in [2.24, 2.45) is 0 Å². The number of rotatable bonds is 39. The van der Waals surface area contributed by atoms with Crippen molar-refractivity contribution in [2.45, 2.75) is 187 Å². The van der Waals surface area contributed by atoms with Gasteiger partial charge in [0, 0.05) is 12.8 Å². The third kappa shape index (κ3) is 38.9. The monoisotopic (exact) mass is 809 g/mol. The van der Waals surface area contributed by atoms with E-state index in [4.69, 9.17) is 14.9 Å². The van der Waals surface area contributed by atoms with Crippen molar-refractivity contribution in [3.8, 4) is 0 Å². The van der Waals surface area contributed by atoms with Gasteiger partial charge in [0.2, 0.25) is 11.8 Å². The highest BCUT2D eigenvalue weighted by Crippen LogP contribution is 2.15. The van der Waals surface area contributed by atoms with Crippen LogP contribution in [0.5, 0.6) is 0 Å². The average molecular weight is 809 g/mol. The molecule has 0 saturated heterocycles. The SMILES string of the molecule is CC/C=C\C/C=C\C/C=C\C/C=C\C(CCCCCCCC(=O)NCC(=O)NC(CO)C(=O)O)OC(=O)CCCCCCCC/C=C\C/C=C\C/C=C\CCCCC. The summed E-state index contributed by atoms with van der Waals surface area (Å²) in [4.78, 5) is 47.6. The summed E-state index contributed by atoms with van der Waals surface area (Å²) in [6.45, 7) is 3.31. The second-order valence-corrected chi connectivity index (χ2v) is 14.8. The topological polar surface area (TPSA) is 142 Å². The summed E-state index contributed by atoms with van der Waals surface area (Å²) in [6, 6.07) is -1.39. The Balaban J connectivity index is 4.41. The second kappa shape index (κ2) is 42.6. The molecule has 0 aromatic carbocycles. The molecule has 0 spiro atoms. The number of hydrogen-bond acceptors (Lipinski definition) is 6. The van der Waals surface area contributed by atoms with Crippen molar-refractivity contribution in [3.63, 3.8) is 0 Å². The molecule has 0 saturated carbocycles. The predicted octanol–water partition coefficient (Wildman–Crippen LogP) is 11.3. The number of allylic oxidation sites excluding steroid dienone is 13. The molecule has 328 valence electrons. The fourth-order valence-electron chi connectivity index (χ4n) is 5.92. The first-order valence-electron chi connectivity index (χ1n) is 22.5. The van der Waals surface area contributed by atoms with Crippen LogP contribution < -0.4 is 10.6 Å². The van der Waals surface area contributed by atoms with Crippen molar-refractivity contribution in [1.82, 2.24) is 10.6 Å². The number of ether oxygens (including phenoxy) is 1. The quantitative estimate of drug-likeness (QED) is 0.0275. The molecule has 0 rings (SSSR count). The molecule has 0 heterocycles. The fraction of sp³-hybridized carbons (Fsp3) is 0.633. The molecular weight excluding hydrogens is 729 g/mol. The minimum absolute atomic E-state index is 0.135. The zero-order chi connectivity index (χ0) is 42.6. The molecule has 4 N–H and O–H groups in total. The number of carbonyl (C=O) groups excluding carboxylic acids is 3. The minimum atomic E-state index is -1.39. The largest absolute Gasteiger partial charge is 0.480 e. The maximum absolute atomic E-state index is 12.8. The Morgan fingerprint density at radius 1 is 0.552 bits per heavy atom.